The Morgan fingerprint density at radius 3 is 2.54 bits per heavy atom. The average Bonchev–Trinajstić information content (AvgIpc) is 2.72. The van der Waals surface area contributed by atoms with Gasteiger partial charge in [-0.05, 0) is 57.4 Å². The molecule has 4 rings (SSSR count). The van der Waals surface area contributed by atoms with Crippen molar-refractivity contribution in [3.8, 4) is 17.0 Å². The Morgan fingerprint density at radius 1 is 1.04 bits per heavy atom. The Bertz CT molecular complexity index is 1000. The van der Waals surface area contributed by atoms with Crippen molar-refractivity contribution in [3.63, 3.8) is 0 Å². The van der Waals surface area contributed by atoms with Gasteiger partial charge in [0.25, 0.3) is 5.91 Å². The molecule has 2 atom stereocenters. The largest absolute Gasteiger partial charge is 0.497 e. The predicted molar refractivity (Wildman–Crippen MR) is 113 cm³/mol. The average molecular weight is 374 g/mol. The molecule has 4 nitrogen and oxygen atoms in total. The van der Waals surface area contributed by atoms with E-state index in [0.29, 0.717) is 0 Å². The Labute approximate surface area is 166 Å². The number of benzene rings is 2. The number of hydrogen-bond acceptors (Lipinski definition) is 3. The summed E-state index contributed by atoms with van der Waals surface area (Å²) in [4.78, 5) is 20.5. The Hall–Kier alpha value is -2.88. The SMILES string of the molecule is COc1cccc(-c2cc(C(=O)N3C(C)CCCC3C)c3ccccc3n2)c1. The fraction of sp³-hybridized carbons (Fsp3) is 0.333. The summed E-state index contributed by atoms with van der Waals surface area (Å²) in [5.74, 6) is 0.876. The molecule has 2 aromatic carbocycles. The van der Waals surface area contributed by atoms with Crippen LogP contribution in [-0.2, 0) is 0 Å². The topological polar surface area (TPSA) is 42.4 Å². The van der Waals surface area contributed by atoms with Crippen LogP contribution in [0.2, 0.25) is 0 Å². The standard InChI is InChI=1S/C24H26N2O2/c1-16-8-6-9-17(2)26(16)24(27)21-15-23(18-10-7-11-19(14-18)28-3)25-22-13-5-4-12-20(21)22/h4-5,7,10-17H,6,8-9H2,1-3H3. The highest BCUT2D eigenvalue weighted by molar-refractivity contribution is 6.07. The first-order chi connectivity index (χ1) is 13.6. The van der Waals surface area contributed by atoms with E-state index in [1.165, 1.54) is 6.42 Å². The van der Waals surface area contributed by atoms with Gasteiger partial charge >= 0.3 is 0 Å². The molecule has 0 saturated carbocycles. The lowest BCUT2D eigenvalue weighted by Gasteiger charge is -2.39. The minimum absolute atomic E-state index is 0.0995. The van der Waals surface area contributed by atoms with Crippen LogP contribution in [0.25, 0.3) is 22.2 Å². The van der Waals surface area contributed by atoms with Crippen LogP contribution < -0.4 is 4.74 Å². The van der Waals surface area contributed by atoms with Crippen molar-refractivity contribution in [2.24, 2.45) is 0 Å². The highest BCUT2D eigenvalue weighted by atomic mass is 16.5. The summed E-state index contributed by atoms with van der Waals surface area (Å²) in [5.41, 5.74) is 3.30. The third-order valence-electron chi connectivity index (χ3n) is 5.74. The van der Waals surface area contributed by atoms with Crippen molar-refractivity contribution in [3.05, 3.63) is 60.2 Å². The Kier molecular flexibility index (Phi) is 5.03. The maximum absolute atomic E-state index is 13.6. The third kappa shape index (κ3) is 3.35. The third-order valence-corrected chi connectivity index (χ3v) is 5.74. The molecule has 2 heterocycles. The van der Waals surface area contributed by atoms with Crippen molar-refractivity contribution in [1.29, 1.82) is 0 Å². The number of rotatable bonds is 3. The molecule has 28 heavy (non-hydrogen) atoms. The Balaban J connectivity index is 1.86. The molecule has 1 fully saturated rings. The lowest BCUT2D eigenvalue weighted by atomic mass is 9.95. The number of piperidine rings is 1. The van der Waals surface area contributed by atoms with Crippen LogP contribution in [0.4, 0.5) is 0 Å². The number of amides is 1. The molecule has 0 bridgehead atoms. The van der Waals surface area contributed by atoms with E-state index in [9.17, 15) is 4.79 Å². The zero-order valence-corrected chi connectivity index (χ0v) is 16.7. The maximum atomic E-state index is 13.6. The number of hydrogen-bond donors (Lipinski definition) is 0. The minimum atomic E-state index is 0.0995. The van der Waals surface area contributed by atoms with Crippen LogP contribution in [0, 0.1) is 0 Å². The minimum Gasteiger partial charge on any atom is -0.497 e. The smallest absolute Gasteiger partial charge is 0.255 e. The first kappa shape index (κ1) is 18.5. The monoisotopic (exact) mass is 374 g/mol. The predicted octanol–water partition coefficient (Wildman–Crippen LogP) is 5.31. The lowest BCUT2D eigenvalue weighted by Crippen LogP contribution is -2.47. The molecule has 4 heteroatoms. The summed E-state index contributed by atoms with van der Waals surface area (Å²) in [6.45, 7) is 4.31. The number of nitrogens with zero attached hydrogens (tertiary/aromatic N) is 2. The molecule has 3 aromatic rings. The van der Waals surface area contributed by atoms with Gasteiger partial charge < -0.3 is 9.64 Å². The van der Waals surface area contributed by atoms with E-state index in [2.05, 4.69) is 18.7 Å². The molecule has 1 aliphatic rings. The molecule has 2 unspecified atom stereocenters. The van der Waals surface area contributed by atoms with Crippen LogP contribution in [0.1, 0.15) is 43.5 Å². The molecule has 1 saturated heterocycles. The van der Waals surface area contributed by atoms with Gasteiger partial charge in [-0.25, -0.2) is 4.98 Å². The number of para-hydroxylation sites is 1. The number of methoxy groups -OCH3 is 1. The van der Waals surface area contributed by atoms with Crippen molar-refractivity contribution >= 4 is 16.8 Å². The number of pyridine rings is 1. The zero-order valence-electron chi connectivity index (χ0n) is 16.7. The molecule has 0 N–H and O–H groups in total. The zero-order chi connectivity index (χ0) is 19.7. The first-order valence-electron chi connectivity index (χ1n) is 9.95. The molecular weight excluding hydrogens is 348 g/mol. The van der Waals surface area contributed by atoms with Crippen LogP contribution >= 0.6 is 0 Å². The van der Waals surface area contributed by atoms with Gasteiger partial charge in [-0.3, -0.25) is 4.79 Å². The second kappa shape index (κ2) is 7.63. The van der Waals surface area contributed by atoms with E-state index in [1.807, 2.05) is 54.6 Å². The molecule has 144 valence electrons. The number of carbonyl (C=O) groups excluding carboxylic acids is 1. The second-order valence-electron chi connectivity index (χ2n) is 7.65. The van der Waals surface area contributed by atoms with Gasteiger partial charge in [-0.1, -0.05) is 30.3 Å². The van der Waals surface area contributed by atoms with E-state index in [-0.39, 0.29) is 18.0 Å². The van der Waals surface area contributed by atoms with Crippen molar-refractivity contribution in [2.75, 3.05) is 7.11 Å². The molecule has 1 aliphatic heterocycles. The normalized spacial score (nSPS) is 19.6. The fourth-order valence-corrected chi connectivity index (χ4v) is 4.24. The highest BCUT2D eigenvalue weighted by Gasteiger charge is 2.30. The van der Waals surface area contributed by atoms with Crippen molar-refractivity contribution in [1.82, 2.24) is 9.88 Å². The molecule has 0 spiro atoms. The van der Waals surface area contributed by atoms with Crippen molar-refractivity contribution < 1.29 is 9.53 Å². The van der Waals surface area contributed by atoms with Gasteiger partial charge in [0.15, 0.2) is 0 Å². The summed E-state index contributed by atoms with van der Waals surface area (Å²) in [7, 11) is 1.65. The van der Waals surface area contributed by atoms with E-state index in [4.69, 9.17) is 9.72 Å². The van der Waals surface area contributed by atoms with Gasteiger partial charge in [0.1, 0.15) is 5.75 Å². The van der Waals surface area contributed by atoms with Gasteiger partial charge in [0.05, 0.1) is 23.9 Å². The lowest BCUT2D eigenvalue weighted by molar-refractivity contribution is 0.0513. The Morgan fingerprint density at radius 2 is 1.79 bits per heavy atom. The summed E-state index contributed by atoms with van der Waals surface area (Å²) in [5, 5.41) is 0.907. The van der Waals surface area contributed by atoms with Gasteiger partial charge in [0.2, 0.25) is 0 Å². The van der Waals surface area contributed by atoms with E-state index >= 15 is 0 Å². The number of likely N-dealkylation sites (tertiary alicyclic amines) is 1. The van der Waals surface area contributed by atoms with Crippen LogP contribution in [0.3, 0.4) is 0 Å². The van der Waals surface area contributed by atoms with Gasteiger partial charge in [-0.15, -0.1) is 0 Å². The summed E-state index contributed by atoms with van der Waals surface area (Å²) in [6.07, 6.45) is 3.29. The molecular formula is C24H26N2O2. The molecule has 0 aliphatic carbocycles. The summed E-state index contributed by atoms with van der Waals surface area (Å²) < 4.78 is 5.36. The molecule has 1 amide bonds. The molecule has 0 radical (unpaired) electrons. The quantitative estimate of drug-likeness (QED) is 0.624. The van der Waals surface area contributed by atoms with Crippen molar-refractivity contribution in [2.45, 2.75) is 45.2 Å². The maximum Gasteiger partial charge on any atom is 0.255 e. The van der Waals surface area contributed by atoms with Gasteiger partial charge in [-0.2, -0.15) is 0 Å². The number of ether oxygens (including phenoxy) is 1. The van der Waals surface area contributed by atoms with Crippen LogP contribution in [0.5, 0.6) is 5.75 Å². The summed E-state index contributed by atoms with van der Waals surface area (Å²) in [6, 6.07) is 18.1. The van der Waals surface area contributed by atoms with E-state index in [0.717, 1.165) is 46.3 Å². The summed E-state index contributed by atoms with van der Waals surface area (Å²) >= 11 is 0. The second-order valence-corrected chi connectivity index (χ2v) is 7.65. The first-order valence-corrected chi connectivity index (χ1v) is 9.95. The fourth-order valence-electron chi connectivity index (χ4n) is 4.24. The highest BCUT2D eigenvalue weighted by Crippen LogP contribution is 2.30. The van der Waals surface area contributed by atoms with Crippen LogP contribution in [0.15, 0.2) is 54.6 Å². The number of carbonyl (C=O) groups is 1. The number of aromatic nitrogens is 1. The van der Waals surface area contributed by atoms with E-state index < -0.39 is 0 Å². The van der Waals surface area contributed by atoms with Crippen LogP contribution in [-0.4, -0.2) is 35.0 Å². The number of fused-ring (bicyclic) bond motifs is 1. The van der Waals surface area contributed by atoms with Gasteiger partial charge in [0, 0.05) is 23.0 Å². The van der Waals surface area contributed by atoms with E-state index in [1.54, 1.807) is 7.11 Å². The molecule has 1 aromatic heterocycles.